The second kappa shape index (κ2) is 14.8. The van der Waals surface area contributed by atoms with E-state index in [1.807, 2.05) is 89.8 Å². The van der Waals surface area contributed by atoms with Crippen molar-refractivity contribution >= 4 is 41.6 Å². The van der Waals surface area contributed by atoms with Gasteiger partial charge in [0.15, 0.2) is 23.0 Å². The number of benzene rings is 4. The van der Waals surface area contributed by atoms with Crippen molar-refractivity contribution in [3.63, 3.8) is 0 Å². The number of anilines is 5. The molecule has 45 heavy (non-hydrogen) atoms. The van der Waals surface area contributed by atoms with E-state index >= 15 is 0 Å². The van der Waals surface area contributed by atoms with Gasteiger partial charge >= 0.3 is 0 Å². The summed E-state index contributed by atoms with van der Waals surface area (Å²) in [6.07, 6.45) is 3.25. The number of hydrogen-bond acceptors (Lipinski definition) is 12. The van der Waals surface area contributed by atoms with Gasteiger partial charge in [-0.2, -0.15) is 25.2 Å². The minimum Gasteiger partial charge on any atom is -0.493 e. The second-order valence-electron chi connectivity index (χ2n) is 9.26. The zero-order chi connectivity index (χ0) is 31.4. The Kier molecular flexibility index (Phi) is 9.98. The van der Waals surface area contributed by atoms with Crippen LogP contribution in [0, 0.1) is 0 Å². The number of hydrazone groups is 2. The molecule has 0 aliphatic carbocycles. The highest BCUT2D eigenvalue weighted by molar-refractivity contribution is 5.82. The first-order chi connectivity index (χ1) is 22.1. The average molecular weight is 605 g/mol. The molecule has 228 valence electrons. The van der Waals surface area contributed by atoms with Crippen molar-refractivity contribution in [1.29, 1.82) is 0 Å². The summed E-state index contributed by atoms with van der Waals surface area (Å²) >= 11 is 0. The van der Waals surface area contributed by atoms with Crippen LogP contribution in [0.25, 0.3) is 0 Å². The van der Waals surface area contributed by atoms with Gasteiger partial charge in [0.1, 0.15) is 0 Å². The Morgan fingerprint density at radius 3 is 1.36 bits per heavy atom. The van der Waals surface area contributed by atoms with Crippen LogP contribution in [0.3, 0.4) is 0 Å². The maximum atomic E-state index is 5.40. The van der Waals surface area contributed by atoms with E-state index in [-0.39, 0.29) is 11.9 Å². The molecule has 0 aliphatic rings. The molecule has 5 aromatic rings. The minimum absolute atomic E-state index is 0.192. The van der Waals surface area contributed by atoms with Crippen LogP contribution in [0.4, 0.5) is 29.2 Å². The van der Waals surface area contributed by atoms with Crippen molar-refractivity contribution in [2.24, 2.45) is 10.2 Å². The molecular weight excluding hydrogens is 572 g/mol. The Morgan fingerprint density at radius 2 is 0.956 bits per heavy atom. The Bertz CT molecular complexity index is 1640. The van der Waals surface area contributed by atoms with Crippen LogP contribution in [0.1, 0.15) is 11.1 Å². The van der Waals surface area contributed by atoms with E-state index in [0.717, 1.165) is 22.5 Å². The largest absolute Gasteiger partial charge is 0.493 e. The zero-order valence-corrected chi connectivity index (χ0v) is 25.2. The van der Waals surface area contributed by atoms with Crippen molar-refractivity contribution in [3.8, 4) is 23.0 Å². The van der Waals surface area contributed by atoms with Crippen LogP contribution in [0.15, 0.2) is 107 Å². The van der Waals surface area contributed by atoms with Crippen LogP contribution in [-0.2, 0) is 0 Å². The molecule has 0 saturated carbocycles. The third kappa shape index (κ3) is 7.62. The van der Waals surface area contributed by atoms with Gasteiger partial charge in [-0.15, -0.1) is 0 Å². The molecule has 0 radical (unpaired) electrons. The van der Waals surface area contributed by atoms with Crippen molar-refractivity contribution < 1.29 is 18.9 Å². The molecule has 0 spiro atoms. The summed E-state index contributed by atoms with van der Waals surface area (Å²) in [5, 5.41) is 8.72. The second-order valence-corrected chi connectivity index (χ2v) is 9.26. The summed E-state index contributed by atoms with van der Waals surface area (Å²) in [5.74, 6) is 3.14. The summed E-state index contributed by atoms with van der Waals surface area (Å²) in [4.78, 5) is 15.8. The quantitative estimate of drug-likeness (QED) is 0.117. The first-order valence-corrected chi connectivity index (χ1v) is 13.8. The smallest absolute Gasteiger partial charge is 0.250 e. The molecule has 4 aromatic carbocycles. The highest BCUT2D eigenvalue weighted by Gasteiger charge is 2.18. The number of rotatable bonds is 13. The number of hydrogen-bond donors (Lipinski definition) is 2. The Morgan fingerprint density at radius 1 is 0.533 bits per heavy atom. The van der Waals surface area contributed by atoms with Crippen LogP contribution < -0.4 is 34.7 Å². The van der Waals surface area contributed by atoms with E-state index in [4.69, 9.17) is 28.9 Å². The van der Waals surface area contributed by atoms with E-state index in [0.29, 0.717) is 28.9 Å². The number of methoxy groups -OCH3 is 4. The van der Waals surface area contributed by atoms with E-state index in [9.17, 15) is 0 Å². The molecule has 0 saturated heterocycles. The minimum atomic E-state index is 0.192. The van der Waals surface area contributed by atoms with Crippen LogP contribution in [-0.4, -0.2) is 55.8 Å². The molecule has 0 unspecified atom stereocenters. The Balaban J connectivity index is 1.48. The number of aromatic nitrogens is 3. The third-order valence-corrected chi connectivity index (χ3v) is 6.42. The highest BCUT2D eigenvalue weighted by Crippen LogP contribution is 2.33. The molecule has 2 N–H and O–H groups in total. The molecule has 1 heterocycles. The molecular formula is C33H32N8O4. The maximum absolute atomic E-state index is 5.40. The first-order valence-electron chi connectivity index (χ1n) is 13.8. The van der Waals surface area contributed by atoms with Gasteiger partial charge in [-0.3, -0.25) is 4.90 Å². The summed E-state index contributed by atoms with van der Waals surface area (Å²) in [5.41, 5.74) is 9.11. The summed E-state index contributed by atoms with van der Waals surface area (Å²) in [6, 6.07) is 30.5. The van der Waals surface area contributed by atoms with Crippen LogP contribution in [0.5, 0.6) is 23.0 Å². The van der Waals surface area contributed by atoms with Crippen molar-refractivity contribution in [2.45, 2.75) is 0 Å². The standard InChI is InChI=1S/C33H32N8O4/c1-42-27-17-15-23(19-29(27)44-3)21-34-39-31-36-32(40-35-22-24-16-18-28(43-2)30(20-24)45-4)38-33(37-31)41(25-11-7-5-8-12-25)26-13-9-6-10-14-26/h5-22H,1-4H3,(H2,36,37,38,39,40). The number of para-hydroxylation sites is 2. The first kappa shape index (κ1) is 30.3. The lowest BCUT2D eigenvalue weighted by Crippen LogP contribution is -2.16. The van der Waals surface area contributed by atoms with Crippen molar-refractivity contribution in [1.82, 2.24) is 15.0 Å². The van der Waals surface area contributed by atoms with E-state index in [1.165, 1.54) is 0 Å². The van der Waals surface area contributed by atoms with Gasteiger partial charge in [-0.25, -0.2) is 10.9 Å². The van der Waals surface area contributed by atoms with Gasteiger partial charge in [-0.1, -0.05) is 36.4 Å². The molecule has 5 rings (SSSR count). The third-order valence-electron chi connectivity index (χ3n) is 6.42. The van der Waals surface area contributed by atoms with Gasteiger partial charge in [0, 0.05) is 11.4 Å². The summed E-state index contributed by atoms with van der Waals surface area (Å²) in [6.45, 7) is 0. The van der Waals surface area contributed by atoms with Gasteiger partial charge in [0.25, 0.3) is 0 Å². The van der Waals surface area contributed by atoms with Crippen LogP contribution in [0.2, 0.25) is 0 Å². The van der Waals surface area contributed by atoms with E-state index < -0.39 is 0 Å². The SMILES string of the molecule is COc1ccc(C=NNc2nc(NN=Cc3ccc(OC)c(OC)c3)nc(N(c3ccccc3)c3ccccc3)n2)cc1OC. The number of ether oxygens (including phenoxy) is 4. The van der Waals surface area contributed by atoms with Crippen LogP contribution >= 0.6 is 0 Å². The Labute approximate surface area is 261 Å². The monoisotopic (exact) mass is 604 g/mol. The molecule has 0 aliphatic heterocycles. The lowest BCUT2D eigenvalue weighted by Gasteiger charge is -2.23. The van der Waals surface area contributed by atoms with Gasteiger partial charge < -0.3 is 18.9 Å². The molecule has 12 heteroatoms. The predicted molar refractivity (Wildman–Crippen MR) is 176 cm³/mol. The molecule has 0 atom stereocenters. The predicted octanol–water partition coefficient (Wildman–Crippen LogP) is 6.27. The fraction of sp³-hybridized carbons (Fsp3) is 0.121. The number of nitrogens with one attached hydrogen (secondary N) is 2. The fourth-order valence-corrected chi connectivity index (χ4v) is 4.29. The molecule has 12 nitrogen and oxygen atoms in total. The molecule has 0 fully saturated rings. The topological polar surface area (TPSA) is 128 Å². The normalized spacial score (nSPS) is 10.9. The zero-order valence-electron chi connectivity index (χ0n) is 25.2. The fourth-order valence-electron chi connectivity index (χ4n) is 4.29. The molecule has 1 aromatic heterocycles. The summed E-state index contributed by atoms with van der Waals surface area (Å²) < 4.78 is 21.4. The maximum Gasteiger partial charge on any atom is 0.250 e. The van der Waals surface area contributed by atoms with Gasteiger partial charge in [0.05, 0.1) is 40.9 Å². The highest BCUT2D eigenvalue weighted by atomic mass is 16.5. The molecule has 0 amide bonds. The van der Waals surface area contributed by atoms with Crippen molar-refractivity contribution in [2.75, 3.05) is 44.2 Å². The average Bonchev–Trinajstić information content (AvgIpc) is 3.09. The van der Waals surface area contributed by atoms with Crippen molar-refractivity contribution in [3.05, 3.63) is 108 Å². The van der Waals surface area contributed by atoms with Gasteiger partial charge in [0.2, 0.25) is 17.8 Å². The Hall–Kier alpha value is -6.17. The van der Waals surface area contributed by atoms with E-state index in [2.05, 4.69) is 26.0 Å². The van der Waals surface area contributed by atoms with Gasteiger partial charge in [-0.05, 0) is 71.8 Å². The molecule has 0 bridgehead atoms. The lowest BCUT2D eigenvalue weighted by molar-refractivity contribution is 0.355. The summed E-state index contributed by atoms with van der Waals surface area (Å²) in [7, 11) is 6.33. The van der Waals surface area contributed by atoms with E-state index in [1.54, 1.807) is 53.0 Å². The number of nitrogens with zero attached hydrogens (tertiary/aromatic N) is 6. The lowest BCUT2D eigenvalue weighted by atomic mass is 10.2.